The molecule has 1 aromatic heterocycles. The molecule has 102 valence electrons. The summed E-state index contributed by atoms with van der Waals surface area (Å²) in [5, 5.41) is 10.9. The Morgan fingerprint density at radius 2 is 2.11 bits per heavy atom. The highest BCUT2D eigenvalue weighted by Gasteiger charge is 2.29. The zero-order chi connectivity index (χ0) is 14.0. The summed E-state index contributed by atoms with van der Waals surface area (Å²) in [6.07, 6.45) is 2.25. The monoisotopic (exact) mass is 266 g/mol. The number of H-pyrrole nitrogens is 1. The Morgan fingerprint density at radius 3 is 2.63 bits per heavy atom. The van der Waals surface area contributed by atoms with Crippen molar-refractivity contribution in [1.82, 2.24) is 4.98 Å². The molecule has 0 unspecified atom stereocenters. The molecule has 0 aliphatic carbocycles. The van der Waals surface area contributed by atoms with Crippen LogP contribution < -0.4 is 16.2 Å². The van der Waals surface area contributed by atoms with E-state index in [0.29, 0.717) is 25.9 Å². The molecule has 1 aromatic rings. The number of piperidine rings is 1. The summed E-state index contributed by atoms with van der Waals surface area (Å²) < 4.78 is 0. The Balaban J connectivity index is 2.27. The second-order valence-electron chi connectivity index (χ2n) is 4.46. The van der Waals surface area contributed by atoms with Crippen LogP contribution in [0.1, 0.15) is 12.8 Å². The summed E-state index contributed by atoms with van der Waals surface area (Å²) in [5.74, 6) is -0.589. The first-order valence-electron chi connectivity index (χ1n) is 5.91. The van der Waals surface area contributed by atoms with Gasteiger partial charge in [0.2, 0.25) is 5.91 Å². The second kappa shape index (κ2) is 5.09. The quantitative estimate of drug-likeness (QED) is 0.588. The predicted octanol–water partition coefficient (Wildman–Crippen LogP) is -0.0152. The van der Waals surface area contributed by atoms with Crippen molar-refractivity contribution in [2.75, 3.05) is 18.0 Å². The van der Waals surface area contributed by atoms with Gasteiger partial charge in [-0.3, -0.25) is 19.7 Å². The molecule has 1 amide bonds. The van der Waals surface area contributed by atoms with Crippen LogP contribution in [-0.2, 0) is 4.79 Å². The molecule has 0 bridgehead atoms. The van der Waals surface area contributed by atoms with Gasteiger partial charge in [0.05, 0.1) is 4.92 Å². The van der Waals surface area contributed by atoms with Crippen LogP contribution in [0, 0.1) is 16.0 Å². The van der Waals surface area contributed by atoms with Gasteiger partial charge in [-0.25, -0.2) is 0 Å². The Morgan fingerprint density at radius 1 is 1.47 bits per heavy atom. The molecule has 2 rings (SSSR count). The van der Waals surface area contributed by atoms with E-state index in [2.05, 4.69) is 4.98 Å². The number of nitrogens with one attached hydrogen (secondary N) is 1. The summed E-state index contributed by atoms with van der Waals surface area (Å²) in [6, 6.07) is 1.26. The zero-order valence-corrected chi connectivity index (χ0v) is 10.2. The summed E-state index contributed by atoms with van der Waals surface area (Å²) in [5.41, 5.74) is 4.56. The lowest BCUT2D eigenvalue weighted by Crippen LogP contribution is -2.40. The van der Waals surface area contributed by atoms with Gasteiger partial charge in [0.25, 0.3) is 11.2 Å². The minimum atomic E-state index is -0.579. The van der Waals surface area contributed by atoms with Crippen molar-refractivity contribution in [3.05, 3.63) is 32.7 Å². The summed E-state index contributed by atoms with van der Waals surface area (Å²) in [4.78, 5) is 37.3. The van der Waals surface area contributed by atoms with Crippen molar-refractivity contribution in [2.45, 2.75) is 12.8 Å². The van der Waals surface area contributed by atoms with Gasteiger partial charge in [0, 0.05) is 31.3 Å². The normalized spacial score (nSPS) is 16.3. The molecule has 0 aromatic carbocycles. The maximum atomic E-state index is 11.8. The van der Waals surface area contributed by atoms with E-state index in [1.165, 1.54) is 12.3 Å². The smallest absolute Gasteiger partial charge is 0.299 e. The van der Waals surface area contributed by atoms with Crippen LogP contribution in [0.25, 0.3) is 0 Å². The maximum Gasteiger partial charge on any atom is 0.299 e. The van der Waals surface area contributed by atoms with Gasteiger partial charge in [-0.2, -0.15) is 0 Å². The minimum Gasteiger partial charge on any atom is -0.369 e. The number of amides is 1. The van der Waals surface area contributed by atoms with Crippen molar-refractivity contribution < 1.29 is 9.72 Å². The summed E-state index contributed by atoms with van der Waals surface area (Å²) in [6.45, 7) is 0.809. The number of carbonyl (C=O) groups is 1. The lowest BCUT2D eigenvalue weighted by atomic mass is 9.96. The van der Waals surface area contributed by atoms with Gasteiger partial charge in [-0.1, -0.05) is 0 Å². The predicted molar refractivity (Wildman–Crippen MR) is 67.8 cm³/mol. The van der Waals surface area contributed by atoms with Crippen molar-refractivity contribution in [3.8, 4) is 0 Å². The summed E-state index contributed by atoms with van der Waals surface area (Å²) in [7, 11) is 0. The highest BCUT2D eigenvalue weighted by Crippen LogP contribution is 2.27. The number of nitro groups is 1. The number of anilines is 1. The zero-order valence-electron chi connectivity index (χ0n) is 10.2. The molecule has 1 aliphatic rings. The lowest BCUT2D eigenvalue weighted by molar-refractivity contribution is -0.384. The number of aromatic nitrogens is 1. The number of pyridine rings is 1. The van der Waals surface area contributed by atoms with Gasteiger partial charge in [-0.15, -0.1) is 0 Å². The van der Waals surface area contributed by atoms with E-state index in [-0.39, 0.29) is 23.2 Å². The minimum absolute atomic E-state index is 0.0513. The molecule has 3 N–H and O–H groups in total. The Bertz CT molecular complexity index is 560. The van der Waals surface area contributed by atoms with Gasteiger partial charge in [0.1, 0.15) is 0 Å². The first-order valence-corrected chi connectivity index (χ1v) is 5.91. The largest absolute Gasteiger partial charge is 0.369 e. The molecule has 0 radical (unpaired) electrons. The number of nitrogens with zero attached hydrogens (tertiary/aromatic N) is 2. The topological polar surface area (TPSA) is 122 Å². The van der Waals surface area contributed by atoms with E-state index < -0.39 is 10.5 Å². The molecule has 0 atom stereocenters. The SMILES string of the molecule is NC(=O)C1CCN(c2c([N+](=O)[O-])cc[nH]c2=O)CC1. The van der Waals surface area contributed by atoms with E-state index >= 15 is 0 Å². The fourth-order valence-corrected chi connectivity index (χ4v) is 2.30. The lowest BCUT2D eigenvalue weighted by Gasteiger charge is -2.31. The van der Waals surface area contributed by atoms with Crippen molar-refractivity contribution >= 4 is 17.3 Å². The number of aromatic amines is 1. The van der Waals surface area contributed by atoms with Gasteiger partial charge in [-0.05, 0) is 12.8 Å². The Hall–Kier alpha value is -2.38. The van der Waals surface area contributed by atoms with Crippen LogP contribution in [0.3, 0.4) is 0 Å². The average Bonchev–Trinajstić information content (AvgIpc) is 2.38. The number of nitrogens with two attached hydrogens (primary N) is 1. The Labute approximate surface area is 108 Å². The van der Waals surface area contributed by atoms with Crippen molar-refractivity contribution in [1.29, 1.82) is 0 Å². The van der Waals surface area contributed by atoms with Crippen LogP contribution in [-0.4, -0.2) is 28.9 Å². The van der Waals surface area contributed by atoms with E-state index in [1.54, 1.807) is 4.90 Å². The third kappa shape index (κ3) is 2.56. The molecule has 1 saturated heterocycles. The van der Waals surface area contributed by atoms with Gasteiger partial charge in [0.15, 0.2) is 5.69 Å². The second-order valence-corrected chi connectivity index (χ2v) is 4.46. The standard InChI is InChI=1S/C11H14N4O4/c12-10(16)7-2-5-14(6-3-7)9-8(15(18)19)1-4-13-11(9)17/h1,4,7H,2-3,5-6H2,(H2,12,16)(H,13,17). The first-order chi connectivity index (χ1) is 9.00. The third-order valence-corrected chi connectivity index (χ3v) is 3.32. The number of primary amides is 1. The van der Waals surface area contributed by atoms with E-state index in [4.69, 9.17) is 5.73 Å². The molecule has 1 fully saturated rings. The molecular weight excluding hydrogens is 252 g/mol. The van der Waals surface area contributed by atoms with E-state index in [9.17, 15) is 19.7 Å². The van der Waals surface area contributed by atoms with Crippen LogP contribution in [0.4, 0.5) is 11.4 Å². The van der Waals surface area contributed by atoms with Crippen LogP contribution in [0.5, 0.6) is 0 Å². The van der Waals surface area contributed by atoms with E-state index in [0.717, 1.165) is 0 Å². The molecule has 2 heterocycles. The Kier molecular flexibility index (Phi) is 3.50. The molecule has 0 saturated carbocycles. The molecular formula is C11H14N4O4. The third-order valence-electron chi connectivity index (χ3n) is 3.32. The number of hydrogen-bond acceptors (Lipinski definition) is 5. The molecule has 19 heavy (non-hydrogen) atoms. The highest BCUT2D eigenvalue weighted by molar-refractivity contribution is 5.77. The molecule has 8 heteroatoms. The van der Waals surface area contributed by atoms with Crippen molar-refractivity contribution in [2.24, 2.45) is 11.7 Å². The first kappa shape index (κ1) is 13.1. The molecule has 8 nitrogen and oxygen atoms in total. The maximum absolute atomic E-state index is 11.8. The summed E-state index contributed by atoms with van der Waals surface area (Å²) >= 11 is 0. The van der Waals surface area contributed by atoms with Crippen LogP contribution in [0.2, 0.25) is 0 Å². The number of rotatable bonds is 3. The highest BCUT2D eigenvalue weighted by atomic mass is 16.6. The average molecular weight is 266 g/mol. The van der Waals surface area contributed by atoms with Crippen molar-refractivity contribution in [3.63, 3.8) is 0 Å². The fraction of sp³-hybridized carbons (Fsp3) is 0.455. The van der Waals surface area contributed by atoms with Crippen LogP contribution >= 0.6 is 0 Å². The van der Waals surface area contributed by atoms with Gasteiger partial charge >= 0.3 is 0 Å². The van der Waals surface area contributed by atoms with E-state index in [1.807, 2.05) is 0 Å². The fourth-order valence-electron chi connectivity index (χ4n) is 2.30. The van der Waals surface area contributed by atoms with Gasteiger partial charge < -0.3 is 15.6 Å². The van der Waals surface area contributed by atoms with Crippen LogP contribution in [0.15, 0.2) is 17.1 Å². The molecule has 0 spiro atoms. The molecule has 1 aliphatic heterocycles. The number of hydrogen-bond donors (Lipinski definition) is 2. The number of carbonyl (C=O) groups excluding carboxylic acids is 1.